The van der Waals surface area contributed by atoms with Crippen molar-refractivity contribution in [2.24, 2.45) is 0 Å². The summed E-state index contributed by atoms with van der Waals surface area (Å²) in [7, 11) is 0. The average Bonchev–Trinajstić information content (AvgIpc) is 2.87. The Kier molecular flexibility index (Phi) is 4.94. The first-order valence-corrected chi connectivity index (χ1v) is 6.97. The second-order valence-corrected chi connectivity index (χ2v) is 4.85. The van der Waals surface area contributed by atoms with Gasteiger partial charge < -0.3 is 16.2 Å². The molecule has 1 aromatic carbocycles. The van der Waals surface area contributed by atoms with E-state index in [4.69, 9.17) is 5.73 Å². The number of rotatable bonds is 6. The van der Waals surface area contributed by atoms with Gasteiger partial charge in [-0.15, -0.1) is 0 Å². The van der Waals surface area contributed by atoms with Crippen LogP contribution in [0.3, 0.4) is 0 Å². The molecule has 0 fully saturated rings. The molecule has 21 heavy (non-hydrogen) atoms. The number of nitrogens with zero attached hydrogens (tertiary/aromatic N) is 1. The average molecular weight is 288 g/mol. The Hall–Kier alpha value is -2.34. The molecule has 0 bridgehead atoms. The van der Waals surface area contributed by atoms with E-state index in [9.17, 15) is 9.90 Å². The standard InChI is InChI=1S/C15H20N4O2/c1-2-6-11-13(16)14(19-18-11)15(21)17-9-12(20)10-7-4-3-5-8-10/h3-5,7-8,12,20H,2,6,9,16H2,1H3,(H,17,21)(H,18,19). The molecule has 0 saturated heterocycles. The quantitative estimate of drug-likeness (QED) is 0.645. The maximum Gasteiger partial charge on any atom is 0.274 e. The van der Waals surface area contributed by atoms with Crippen LogP contribution in [0.2, 0.25) is 0 Å². The maximum absolute atomic E-state index is 12.0. The first-order chi connectivity index (χ1) is 10.1. The van der Waals surface area contributed by atoms with Gasteiger partial charge in [-0.05, 0) is 12.0 Å². The van der Waals surface area contributed by atoms with Gasteiger partial charge in [-0.25, -0.2) is 0 Å². The number of nitrogens with one attached hydrogen (secondary N) is 2. The van der Waals surface area contributed by atoms with E-state index >= 15 is 0 Å². The van der Waals surface area contributed by atoms with Crippen LogP contribution >= 0.6 is 0 Å². The van der Waals surface area contributed by atoms with Crippen LogP contribution in [0.5, 0.6) is 0 Å². The van der Waals surface area contributed by atoms with E-state index in [-0.39, 0.29) is 18.1 Å². The lowest BCUT2D eigenvalue weighted by atomic mass is 10.1. The number of aryl methyl sites for hydroxylation is 1. The van der Waals surface area contributed by atoms with Crippen LogP contribution in [0.25, 0.3) is 0 Å². The number of aromatic nitrogens is 2. The zero-order valence-electron chi connectivity index (χ0n) is 12.0. The maximum atomic E-state index is 12.0. The highest BCUT2D eigenvalue weighted by Gasteiger charge is 2.17. The van der Waals surface area contributed by atoms with E-state index in [2.05, 4.69) is 15.5 Å². The van der Waals surface area contributed by atoms with Crippen molar-refractivity contribution >= 4 is 11.6 Å². The second kappa shape index (κ2) is 6.90. The molecule has 1 amide bonds. The lowest BCUT2D eigenvalue weighted by Gasteiger charge is -2.11. The Morgan fingerprint density at radius 2 is 2.14 bits per heavy atom. The summed E-state index contributed by atoms with van der Waals surface area (Å²) in [5, 5.41) is 19.4. The summed E-state index contributed by atoms with van der Waals surface area (Å²) in [6.07, 6.45) is 0.907. The minimum atomic E-state index is -0.759. The third-order valence-electron chi connectivity index (χ3n) is 3.24. The molecule has 5 N–H and O–H groups in total. The van der Waals surface area contributed by atoms with Crippen LogP contribution < -0.4 is 11.1 Å². The number of nitrogen functional groups attached to an aromatic ring is 1. The fraction of sp³-hybridized carbons (Fsp3) is 0.333. The van der Waals surface area contributed by atoms with Crippen molar-refractivity contribution in [2.75, 3.05) is 12.3 Å². The molecule has 0 aliphatic heterocycles. The Morgan fingerprint density at radius 3 is 2.81 bits per heavy atom. The molecule has 0 aliphatic carbocycles. The van der Waals surface area contributed by atoms with Crippen LogP contribution in [0.15, 0.2) is 30.3 Å². The molecule has 6 heteroatoms. The number of aromatic amines is 1. The smallest absolute Gasteiger partial charge is 0.274 e. The molecule has 1 unspecified atom stereocenters. The van der Waals surface area contributed by atoms with E-state index in [1.165, 1.54) is 0 Å². The summed E-state index contributed by atoms with van der Waals surface area (Å²) < 4.78 is 0. The Bertz CT molecular complexity index is 595. The topological polar surface area (TPSA) is 104 Å². The van der Waals surface area contributed by atoms with Crippen molar-refractivity contribution in [3.05, 3.63) is 47.3 Å². The molecule has 0 saturated carbocycles. The van der Waals surface area contributed by atoms with Crippen LogP contribution in [0.4, 0.5) is 5.69 Å². The monoisotopic (exact) mass is 288 g/mol. The number of hydrogen-bond acceptors (Lipinski definition) is 4. The van der Waals surface area contributed by atoms with Gasteiger partial charge in [0.1, 0.15) is 0 Å². The van der Waals surface area contributed by atoms with E-state index in [0.717, 1.165) is 24.1 Å². The van der Waals surface area contributed by atoms with Gasteiger partial charge in [0.25, 0.3) is 5.91 Å². The first kappa shape index (κ1) is 15.1. The van der Waals surface area contributed by atoms with Crippen molar-refractivity contribution in [2.45, 2.75) is 25.9 Å². The Balaban J connectivity index is 1.96. The van der Waals surface area contributed by atoms with Gasteiger partial charge in [-0.1, -0.05) is 43.7 Å². The van der Waals surface area contributed by atoms with Gasteiger partial charge in [-0.3, -0.25) is 9.89 Å². The van der Waals surface area contributed by atoms with Gasteiger partial charge in [0.15, 0.2) is 5.69 Å². The highest BCUT2D eigenvalue weighted by atomic mass is 16.3. The number of H-pyrrole nitrogens is 1. The first-order valence-electron chi connectivity index (χ1n) is 6.97. The van der Waals surface area contributed by atoms with Gasteiger partial charge in [-0.2, -0.15) is 5.10 Å². The third-order valence-corrected chi connectivity index (χ3v) is 3.24. The van der Waals surface area contributed by atoms with Crippen molar-refractivity contribution in [1.82, 2.24) is 15.5 Å². The molecule has 1 aromatic heterocycles. The number of carbonyl (C=O) groups is 1. The number of amides is 1. The summed E-state index contributed by atoms with van der Waals surface area (Å²) in [6, 6.07) is 9.15. The number of benzene rings is 1. The summed E-state index contributed by atoms with van der Waals surface area (Å²) in [5.41, 5.74) is 7.97. The van der Waals surface area contributed by atoms with Crippen molar-refractivity contribution in [3.8, 4) is 0 Å². The van der Waals surface area contributed by atoms with E-state index in [1.807, 2.05) is 25.1 Å². The highest BCUT2D eigenvalue weighted by Crippen LogP contribution is 2.16. The lowest BCUT2D eigenvalue weighted by Crippen LogP contribution is -2.29. The zero-order valence-corrected chi connectivity index (χ0v) is 12.0. The van der Waals surface area contributed by atoms with Gasteiger partial charge in [0.05, 0.1) is 17.5 Å². The third kappa shape index (κ3) is 3.61. The fourth-order valence-corrected chi connectivity index (χ4v) is 2.07. The Labute approximate surface area is 123 Å². The van der Waals surface area contributed by atoms with Crippen LogP contribution in [0.1, 0.15) is 41.2 Å². The molecule has 0 aliphatic rings. The molecular weight excluding hydrogens is 268 g/mol. The normalized spacial score (nSPS) is 12.1. The number of hydrogen-bond donors (Lipinski definition) is 4. The molecule has 0 radical (unpaired) electrons. The van der Waals surface area contributed by atoms with Crippen LogP contribution in [-0.4, -0.2) is 27.8 Å². The molecule has 2 rings (SSSR count). The van der Waals surface area contributed by atoms with Crippen LogP contribution in [0, 0.1) is 0 Å². The van der Waals surface area contributed by atoms with Crippen LogP contribution in [-0.2, 0) is 6.42 Å². The minimum absolute atomic E-state index is 0.109. The van der Waals surface area contributed by atoms with E-state index in [1.54, 1.807) is 12.1 Å². The number of aliphatic hydroxyl groups is 1. The van der Waals surface area contributed by atoms with Gasteiger partial charge >= 0.3 is 0 Å². The lowest BCUT2D eigenvalue weighted by molar-refractivity contribution is 0.0912. The predicted molar refractivity (Wildman–Crippen MR) is 80.7 cm³/mol. The number of anilines is 1. The van der Waals surface area contributed by atoms with E-state index < -0.39 is 6.10 Å². The summed E-state index contributed by atoms with van der Waals surface area (Å²) in [6.45, 7) is 2.13. The van der Waals surface area contributed by atoms with Crippen molar-refractivity contribution in [3.63, 3.8) is 0 Å². The molecule has 0 spiro atoms. The van der Waals surface area contributed by atoms with Gasteiger partial charge in [0, 0.05) is 6.54 Å². The van der Waals surface area contributed by atoms with E-state index in [0.29, 0.717) is 5.69 Å². The molecule has 1 heterocycles. The van der Waals surface area contributed by atoms with Crippen molar-refractivity contribution in [1.29, 1.82) is 0 Å². The van der Waals surface area contributed by atoms with Crippen molar-refractivity contribution < 1.29 is 9.90 Å². The zero-order chi connectivity index (χ0) is 15.2. The molecular formula is C15H20N4O2. The summed E-state index contributed by atoms with van der Waals surface area (Å²) in [4.78, 5) is 12.0. The number of nitrogens with two attached hydrogens (primary N) is 1. The SMILES string of the molecule is CCCc1[nH]nc(C(=O)NCC(O)c2ccccc2)c1N. The number of carbonyl (C=O) groups excluding carboxylic acids is 1. The van der Waals surface area contributed by atoms with Gasteiger partial charge in [0.2, 0.25) is 0 Å². The second-order valence-electron chi connectivity index (χ2n) is 4.85. The predicted octanol–water partition coefficient (Wildman–Crippen LogP) is 1.41. The molecule has 2 aromatic rings. The molecule has 1 atom stereocenters. The minimum Gasteiger partial charge on any atom is -0.395 e. The summed E-state index contributed by atoms with van der Waals surface area (Å²) >= 11 is 0. The summed E-state index contributed by atoms with van der Waals surface area (Å²) in [5.74, 6) is -0.388. The fourth-order valence-electron chi connectivity index (χ4n) is 2.07. The Morgan fingerprint density at radius 1 is 1.43 bits per heavy atom. The molecule has 112 valence electrons. The molecule has 6 nitrogen and oxygen atoms in total. The highest BCUT2D eigenvalue weighted by molar-refractivity contribution is 5.97. The largest absolute Gasteiger partial charge is 0.395 e. The number of aliphatic hydroxyl groups excluding tert-OH is 1.